The summed E-state index contributed by atoms with van der Waals surface area (Å²) in [4.78, 5) is 39.2. The largest absolute Gasteiger partial charge is 0.342 e. The lowest BCUT2D eigenvalue weighted by Gasteiger charge is -2.24. The molecule has 1 N–H and O–H groups in total. The number of para-hydroxylation sites is 1. The summed E-state index contributed by atoms with van der Waals surface area (Å²) in [6, 6.07) is 7.48. The minimum atomic E-state index is -0.145. The smallest absolute Gasteiger partial charge is 0.293 e. The van der Waals surface area contributed by atoms with Gasteiger partial charge in [-0.05, 0) is 37.8 Å². The maximum absolute atomic E-state index is 12.9. The first-order valence-electron chi connectivity index (χ1n) is 9.05. The Balaban J connectivity index is 1.59. The van der Waals surface area contributed by atoms with Gasteiger partial charge in [-0.15, -0.1) is 0 Å². The third-order valence-corrected chi connectivity index (χ3v) is 5.26. The van der Waals surface area contributed by atoms with Crippen molar-refractivity contribution in [1.82, 2.24) is 19.5 Å². The van der Waals surface area contributed by atoms with Crippen LogP contribution in [0.1, 0.15) is 43.6 Å². The maximum Gasteiger partial charge on any atom is 0.293 e. The highest BCUT2D eigenvalue weighted by Crippen LogP contribution is 2.35. The van der Waals surface area contributed by atoms with Crippen LogP contribution in [0, 0.1) is 0 Å². The Hall–Kier alpha value is -2.96. The molecule has 7 nitrogen and oxygen atoms in total. The van der Waals surface area contributed by atoms with Crippen molar-refractivity contribution < 1.29 is 0 Å². The van der Waals surface area contributed by atoms with Gasteiger partial charge in [0.15, 0.2) is 5.82 Å². The van der Waals surface area contributed by atoms with Crippen LogP contribution in [0.25, 0.3) is 10.9 Å². The van der Waals surface area contributed by atoms with Gasteiger partial charge in [-0.3, -0.25) is 9.59 Å². The zero-order chi connectivity index (χ0) is 17.7. The van der Waals surface area contributed by atoms with Gasteiger partial charge >= 0.3 is 0 Å². The van der Waals surface area contributed by atoms with E-state index >= 15 is 0 Å². The molecule has 1 aliphatic carbocycles. The van der Waals surface area contributed by atoms with Crippen molar-refractivity contribution >= 4 is 16.7 Å². The Bertz CT molecular complexity index is 1100. The van der Waals surface area contributed by atoms with Crippen LogP contribution in [0.15, 0.2) is 46.2 Å². The number of rotatable bonds is 3. The Morgan fingerprint density at radius 1 is 1.12 bits per heavy atom. The first-order valence-corrected chi connectivity index (χ1v) is 9.05. The average Bonchev–Trinajstić information content (AvgIpc) is 3.38. The van der Waals surface area contributed by atoms with Crippen molar-refractivity contribution in [3.8, 4) is 0 Å². The van der Waals surface area contributed by atoms with Crippen LogP contribution in [0.2, 0.25) is 0 Å². The molecule has 2 aliphatic rings. The molecule has 0 bridgehead atoms. The Morgan fingerprint density at radius 3 is 2.81 bits per heavy atom. The predicted molar refractivity (Wildman–Crippen MR) is 98.5 cm³/mol. The van der Waals surface area contributed by atoms with E-state index in [9.17, 15) is 9.59 Å². The number of aromatic nitrogens is 4. The number of aromatic amines is 1. The van der Waals surface area contributed by atoms with Crippen LogP contribution < -0.4 is 16.0 Å². The van der Waals surface area contributed by atoms with Crippen molar-refractivity contribution in [3.63, 3.8) is 0 Å². The minimum Gasteiger partial charge on any atom is -0.342 e. The molecule has 1 saturated carbocycles. The summed E-state index contributed by atoms with van der Waals surface area (Å²) in [7, 11) is 0. The SMILES string of the molecule is O=c1[nH]c(C2CCCN2c2nccn(C3CC3)c2=O)nc2ccccc12. The summed E-state index contributed by atoms with van der Waals surface area (Å²) < 4.78 is 1.79. The van der Waals surface area contributed by atoms with Crippen LogP contribution in [-0.2, 0) is 0 Å². The molecule has 2 fully saturated rings. The van der Waals surface area contributed by atoms with E-state index in [0.717, 1.165) is 32.2 Å². The molecule has 1 atom stereocenters. The fraction of sp³-hybridized carbons (Fsp3) is 0.368. The third kappa shape index (κ3) is 2.42. The summed E-state index contributed by atoms with van der Waals surface area (Å²) in [6.07, 6.45) is 7.33. The molecule has 0 amide bonds. The number of anilines is 1. The van der Waals surface area contributed by atoms with E-state index in [2.05, 4.69) is 15.0 Å². The molecule has 3 aromatic rings. The highest BCUT2D eigenvalue weighted by Gasteiger charge is 2.33. The summed E-state index contributed by atoms with van der Waals surface area (Å²) in [6.45, 7) is 0.734. The van der Waals surface area contributed by atoms with Crippen molar-refractivity contribution in [1.29, 1.82) is 0 Å². The lowest BCUT2D eigenvalue weighted by atomic mass is 10.2. The summed E-state index contributed by atoms with van der Waals surface area (Å²) in [5, 5.41) is 0.578. The predicted octanol–water partition coefficient (Wildman–Crippen LogP) is 2.16. The number of hydrogen-bond donors (Lipinski definition) is 1. The first kappa shape index (κ1) is 15.3. The van der Waals surface area contributed by atoms with Gasteiger partial charge in [0.25, 0.3) is 11.1 Å². The molecule has 7 heteroatoms. The minimum absolute atomic E-state index is 0.0509. The second-order valence-electron chi connectivity index (χ2n) is 7.01. The topological polar surface area (TPSA) is 83.9 Å². The molecule has 132 valence electrons. The standard InChI is InChI=1S/C19H19N5O2/c25-18-13-4-1-2-5-14(13)21-16(22-18)15-6-3-10-24(15)17-19(26)23(11-9-20-17)12-7-8-12/h1-2,4-5,9,11-12,15H,3,6-8,10H2,(H,21,22,25). The van der Waals surface area contributed by atoms with Crippen LogP contribution in [0.4, 0.5) is 5.82 Å². The van der Waals surface area contributed by atoms with Gasteiger partial charge in [-0.2, -0.15) is 0 Å². The zero-order valence-corrected chi connectivity index (χ0v) is 14.3. The number of H-pyrrole nitrogens is 1. The van der Waals surface area contributed by atoms with E-state index in [1.165, 1.54) is 0 Å². The Labute approximate surface area is 149 Å². The van der Waals surface area contributed by atoms with Gasteiger partial charge in [0.05, 0.1) is 16.9 Å². The van der Waals surface area contributed by atoms with Gasteiger partial charge in [-0.1, -0.05) is 12.1 Å². The van der Waals surface area contributed by atoms with Gasteiger partial charge in [-0.25, -0.2) is 9.97 Å². The molecule has 1 saturated heterocycles. The molecule has 0 radical (unpaired) electrons. The van der Waals surface area contributed by atoms with Crippen molar-refractivity contribution in [3.05, 3.63) is 63.2 Å². The number of nitrogens with zero attached hydrogens (tertiary/aromatic N) is 4. The van der Waals surface area contributed by atoms with Crippen molar-refractivity contribution in [2.45, 2.75) is 37.8 Å². The number of hydrogen-bond acceptors (Lipinski definition) is 5. The second-order valence-corrected chi connectivity index (χ2v) is 7.01. The van der Waals surface area contributed by atoms with Gasteiger partial charge in [0, 0.05) is 25.0 Å². The molecule has 5 rings (SSSR count). The molecule has 0 spiro atoms. The summed E-state index contributed by atoms with van der Waals surface area (Å²) in [5.74, 6) is 1.06. The van der Waals surface area contributed by atoms with Crippen LogP contribution in [0.3, 0.4) is 0 Å². The summed E-state index contributed by atoms with van der Waals surface area (Å²) >= 11 is 0. The zero-order valence-electron chi connectivity index (χ0n) is 14.3. The molecule has 3 heterocycles. The monoisotopic (exact) mass is 349 g/mol. The van der Waals surface area contributed by atoms with Crippen molar-refractivity contribution in [2.75, 3.05) is 11.4 Å². The van der Waals surface area contributed by atoms with E-state index in [1.807, 2.05) is 23.1 Å². The van der Waals surface area contributed by atoms with Crippen molar-refractivity contribution in [2.24, 2.45) is 0 Å². The fourth-order valence-electron chi connectivity index (χ4n) is 3.82. The van der Waals surface area contributed by atoms with E-state index in [1.54, 1.807) is 23.0 Å². The molecular weight excluding hydrogens is 330 g/mol. The number of nitrogens with one attached hydrogen (secondary N) is 1. The molecule has 1 unspecified atom stereocenters. The van der Waals surface area contributed by atoms with Crippen LogP contribution >= 0.6 is 0 Å². The number of benzene rings is 1. The highest BCUT2D eigenvalue weighted by molar-refractivity contribution is 5.77. The quantitative estimate of drug-likeness (QED) is 0.783. The first-order chi connectivity index (χ1) is 12.7. The average molecular weight is 349 g/mol. The van der Waals surface area contributed by atoms with E-state index in [0.29, 0.717) is 28.6 Å². The molecule has 1 aliphatic heterocycles. The highest BCUT2D eigenvalue weighted by atomic mass is 16.1. The van der Waals surface area contributed by atoms with Gasteiger partial charge in [0.2, 0.25) is 0 Å². The Kier molecular flexibility index (Phi) is 3.41. The van der Waals surface area contributed by atoms with E-state index < -0.39 is 0 Å². The van der Waals surface area contributed by atoms with Gasteiger partial charge in [0.1, 0.15) is 5.82 Å². The lowest BCUT2D eigenvalue weighted by molar-refractivity contribution is 0.641. The summed E-state index contributed by atoms with van der Waals surface area (Å²) in [5.41, 5.74) is 0.480. The lowest BCUT2D eigenvalue weighted by Crippen LogP contribution is -2.34. The van der Waals surface area contributed by atoms with Crippen LogP contribution in [0.5, 0.6) is 0 Å². The van der Waals surface area contributed by atoms with E-state index in [-0.39, 0.29) is 17.2 Å². The maximum atomic E-state index is 12.9. The van der Waals surface area contributed by atoms with Gasteiger partial charge < -0.3 is 14.5 Å². The third-order valence-electron chi connectivity index (χ3n) is 5.26. The molecule has 2 aromatic heterocycles. The second kappa shape index (κ2) is 5.79. The fourth-order valence-corrected chi connectivity index (χ4v) is 3.82. The number of fused-ring (bicyclic) bond motifs is 1. The molecule has 26 heavy (non-hydrogen) atoms. The normalized spacial score (nSPS) is 20.0. The Morgan fingerprint density at radius 2 is 1.96 bits per heavy atom. The molecule has 1 aromatic carbocycles. The molecular formula is C19H19N5O2. The van der Waals surface area contributed by atoms with E-state index in [4.69, 9.17) is 0 Å². The van der Waals surface area contributed by atoms with Crippen LogP contribution in [-0.4, -0.2) is 26.1 Å².